The van der Waals surface area contributed by atoms with Crippen molar-refractivity contribution in [3.8, 4) is 0 Å². The largest absolute Gasteiger partial charge is 0.369 e. The molecule has 1 aliphatic rings. The molecule has 1 fully saturated rings. The van der Waals surface area contributed by atoms with Crippen LogP contribution < -0.4 is 4.90 Å². The first-order valence-corrected chi connectivity index (χ1v) is 10.7. The molecule has 0 amide bonds. The molecule has 1 saturated heterocycles. The molecule has 0 bridgehead atoms. The van der Waals surface area contributed by atoms with Crippen LogP contribution in [0.5, 0.6) is 0 Å². The van der Waals surface area contributed by atoms with Gasteiger partial charge in [-0.05, 0) is 68.2 Å². The monoisotopic (exact) mass is 384 g/mol. The Kier molecular flexibility index (Phi) is 6.38. The van der Waals surface area contributed by atoms with Crippen molar-refractivity contribution in [1.82, 2.24) is 25.1 Å². The Morgan fingerprint density at radius 3 is 2.43 bits per heavy atom. The lowest BCUT2D eigenvalue weighted by Crippen LogP contribution is -2.48. The molecule has 154 valence electrons. The van der Waals surface area contributed by atoms with E-state index < -0.39 is 0 Å². The molecule has 6 heteroatoms. The fourth-order valence-corrected chi connectivity index (χ4v) is 4.08. The summed E-state index contributed by atoms with van der Waals surface area (Å²) in [7, 11) is 0. The van der Waals surface area contributed by atoms with Gasteiger partial charge in [-0.1, -0.05) is 32.4 Å². The van der Waals surface area contributed by atoms with Gasteiger partial charge in [0.2, 0.25) is 0 Å². The zero-order valence-electron chi connectivity index (χ0n) is 18.4. The lowest BCUT2D eigenvalue weighted by molar-refractivity contribution is 0.153. The van der Waals surface area contributed by atoms with Crippen LogP contribution in [0.3, 0.4) is 0 Å². The van der Waals surface area contributed by atoms with E-state index >= 15 is 0 Å². The van der Waals surface area contributed by atoms with E-state index in [-0.39, 0.29) is 11.6 Å². The number of hydrogen-bond donors (Lipinski definition) is 0. The van der Waals surface area contributed by atoms with Gasteiger partial charge < -0.3 is 4.90 Å². The Morgan fingerprint density at radius 1 is 1.07 bits per heavy atom. The smallest absolute Gasteiger partial charge is 0.168 e. The maximum atomic E-state index is 4.47. The van der Waals surface area contributed by atoms with Crippen molar-refractivity contribution < 1.29 is 0 Å². The van der Waals surface area contributed by atoms with Gasteiger partial charge >= 0.3 is 0 Å². The van der Waals surface area contributed by atoms with E-state index in [4.69, 9.17) is 0 Å². The number of benzene rings is 1. The topological polar surface area (TPSA) is 50.1 Å². The van der Waals surface area contributed by atoms with Crippen LogP contribution in [0.2, 0.25) is 0 Å². The summed E-state index contributed by atoms with van der Waals surface area (Å²) in [6, 6.07) is 6.91. The summed E-state index contributed by atoms with van der Waals surface area (Å²) in [6.45, 7) is 17.5. The lowest BCUT2D eigenvalue weighted by Gasteiger charge is -2.41. The summed E-state index contributed by atoms with van der Waals surface area (Å²) in [5, 5.41) is 12.9. The van der Waals surface area contributed by atoms with Gasteiger partial charge in [0.25, 0.3) is 0 Å². The summed E-state index contributed by atoms with van der Waals surface area (Å²) < 4.78 is 2.06. The molecule has 0 aliphatic carbocycles. The van der Waals surface area contributed by atoms with Gasteiger partial charge in [0.05, 0.1) is 11.6 Å². The van der Waals surface area contributed by atoms with Gasteiger partial charge in [-0.15, -0.1) is 5.10 Å². The third kappa shape index (κ3) is 4.07. The molecule has 0 saturated carbocycles. The van der Waals surface area contributed by atoms with E-state index in [1.807, 2.05) is 0 Å². The van der Waals surface area contributed by atoms with Gasteiger partial charge in [0, 0.05) is 31.9 Å². The fourth-order valence-electron chi connectivity index (χ4n) is 4.08. The van der Waals surface area contributed by atoms with Crippen LogP contribution in [0, 0.1) is 13.8 Å². The van der Waals surface area contributed by atoms with Crippen molar-refractivity contribution in [1.29, 1.82) is 0 Å². The van der Waals surface area contributed by atoms with Crippen LogP contribution in [-0.4, -0.2) is 51.3 Å². The highest BCUT2D eigenvalue weighted by Gasteiger charge is 2.32. The maximum absolute atomic E-state index is 4.47. The maximum Gasteiger partial charge on any atom is 0.168 e. The van der Waals surface area contributed by atoms with Gasteiger partial charge in [0.1, 0.15) is 0 Å². The van der Waals surface area contributed by atoms with Crippen LogP contribution in [0.15, 0.2) is 18.2 Å². The molecule has 6 nitrogen and oxygen atoms in total. The normalized spacial score (nSPS) is 17.1. The summed E-state index contributed by atoms with van der Waals surface area (Å²) in [6.07, 6.45) is 3.22. The third-order valence-electron chi connectivity index (χ3n) is 6.46. The minimum Gasteiger partial charge on any atom is -0.369 e. The molecular weight excluding hydrogens is 348 g/mol. The van der Waals surface area contributed by atoms with Gasteiger partial charge in [0.15, 0.2) is 5.82 Å². The quantitative estimate of drug-likeness (QED) is 0.719. The highest BCUT2D eigenvalue weighted by atomic mass is 15.6. The number of piperazine rings is 1. The second kappa shape index (κ2) is 8.60. The molecule has 1 atom stereocenters. The van der Waals surface area contributed by atoms with Crippen molar-refractivity contribution in [3.63, 3.8) is 0 Å². The Bertz CT molecular complexity index is 773. The van der Waals surface area contributed by atoms with E-state index in [9.17, 15) is 0 Å². The first-order valence-electron chi connectivity index (χ1n) is 10.7. The lowest BCUT2D eigenvalue weighted by atomic mass is 10.0. The summed E-state index contributed by atoms with van der Waals surface area (Å²) in [4.78, 5) is 5.11. The molecule has 2 aromatic rings. The third-order valence-corrected chi connectivity index (χ3v) is 6.46. The van der Waals surface area contributed by atoms with Gasteiger partial charge in [-0.3, -0.25) is 4.90 Å². The second-order valence-electron chi connectivity index (χ2n) is 8.66. The summed E-state index contributed by atoms with van der Waals surface area (Å²) in [5.41, 5.74) is 4.08. The van der Waals surface area contributed by atoms with Crippen LogP contribution in [-0.2, 0) is 5.54 Å². The minimum absolute atomic E-state index is 0.0642. The first kappa shape index (κ1) is 20.8. The fraction of sp³-hybridized carbons (Fsp3) is 0.682. The highest BCUT2D eigenvalue weighted by molar-refractivity contribution is 5.56. The summed E-state index contributed by atoms with van der Waals surface area (Å²) in [5.74, 6) is 1.02. The Morgan fingerprint density at radius 2 is 1.79 bits per heavy atom. The Labute approximate surface area is 169 Å². The van der Waals surface area contributed by atoms with Crippen LogP contribution >= 0.6 is 0 Å². The van der Waals surface area contributed by atoms with E-state index in [2.05, 4.69) is 89.7 Å². The average Bonchev–Trinajstić information content (AvgIpc) is 3.19. The second-order valence-corrected chi connectivity index (χ2v) is 8.66. The van der Waals surface area contributed by atoms with Crippen LogP contribution in [0.1, 0.15) is 70.0 Å². The standard InChI is InChI=1S/C22H36N6/c1-7-10-20(21-23-24-25-28(21)22(5,6)8-2)27-15-13-26(14-16-27)19-12-9-11-17(3)18(19)4/h9,11-12,20H,7-8,10,13-16H2,1-6H3. The number of anilines is 1. The number of rotatable bonds is 7. The van der Waals surface area contributed by atoms with Crippen LogP contribution in [0.25, 0.3) is 0 Å². The number of hydrogen-bond acceptors (Lipinski definition) is 5. The Balaban J connectivity index is 1.78. The molecule has 28 heavy (non-hydrogen) atoms. The number of aryl methyl sites for hydroxylation is 1. The Hall–Kier alpha value is -1.95. The zero-order valence-corrected chi connectivity index (χ0v) is 18.4. The van der Waals surface area contributed by atoms with E-state index in [0.717, 1.165) is 51.3 Å². The molecule has 1 aromatic carbocycles. The van der Waals surface area contributed by atoms with Crippen molar-refractivity contribution in [2.24, 2.45) is 0 Å². The molecular formula is C22H36N6. The number of tetrazole rings is 1. The molecule has 0 spiro atoms. The van der Waals surface area contributed by atoms with Gasteiger partial charge in [-0.25, -0.2) is 4.68 Å². The molecule has 1 aliphatic heterocycles. The molecule has 3 rings (SSSR count). The van der Waals surface area contributed by atoms with Crippen molar-refractivity contribution in [3.05, 3.63) is 35.2 Å². The zero-order chi connectivity index (χ0) is 20.3. The highest BCUT2D eigenvalue weighted by Crippen LogP contribution is 2.31. The van der Waals surface area contributed by atoms with E-state index in [1.165, 1.54) is 16.8 Å². The minimum atomic E-state index is -0.0642. The first-order chi connectivity index (χ1) is 13.4. The molecule has 1 unspecified atom stereocenters. The van der Waals surface area contributed by atoms with Crippen molar-refractivity contribution >= 4 is 5.69 Å². The predicted octanol–water partition coefficient (Wildman–Crippen LogP) is 4.10. The molecule has 2 heterocycles. The van der Waals surface area contributed by atoms with Crippen molar-refractivity contribution in [2.45, 2.75) is 72.4 Å². The van der Waals surface area contributed by atoms with Crippen molar-refractivity contribution in [2.75, 3.05) is 31.1 Å². The predicted molar refractivity (Wildman–Crippen MR) is 115 cm³/mol. The van der Waals surface area contributed by atoms with Gasteiger partial charge in [-0.2, -0.15) is 0 Å². The molecule has 0 radical (unpaired) electrons. The molecule has 0 N–H and O–H groups in total. The molecule has 1 aromatic heterocycles. The van der Waals surface area contributed by atoms with E-state index in [0.29, 0.717) is 0 Å². The number of aromatic nitrogens is 4. The average molecular weight is 385 g/mol. The van der Waals surface area contributed by atoms with Crippen LogP contribution in [0.4, 0.5) is 5.69 Å². The number of nitrogens with zero attached hydrogens (tertiary/aromatic N) is 6. The SMILES string of the molecule is CCCC(c1nnnn1C(C)(C)CC)N1CCN(c2cccc(C)c2C)CC1. The van der Waals surface area contributed by atoms with E-state index in [1.54, 1.807) is 0 Å². The summed E-state index contributed by atoms with van der Waals surface area (Å²) >= 11 is 0.